The van der Waals surface area contributed by atoms with E-state index in [1.165, 1.54) is 10.8 Å². The minimum absolute atomic E-state index is 0.889. The van der Waals surface area contributed by atoms with Crippen molar-refractivity contribution >= 4 is 10.8 Å². The fourth-order valence-electron chi connectivity index (χ4n) is 2.15. The van der Waals surface area contributed by atoms with Gasteiger partial charge in [0.15, 0.2) is 0 Å². The SMILES string of the molecule is COc1ccc2ccccc2c1-n1cccc1. The van der Waals surface area contributed by atoms with Crippen LogP contribution in [-0.2, 0) is 0 Å². The summed E-state index contributed by atoms with van der Waals surface area (Å²) in [6.45, 7) is 0. The average Bonchev–Trinajstić information content (AvgIpc) is 2.91. The normalized spacial score (nSPS) is 10.6. The van der Waals surface area contributed by atoms with Crippen LogP contribution in [0.4, 0.5) is 0 Å². The molecule has 0 aliphatic carbocycles. The Morgan fingerprint density at radius 3 is 2.41 bits per heavy atom. The molecule has 2 nitrogen and oxygen atoms in total. The van der Waals surface area contributed by atoms with Crippen LogP contribution in [-0.4, -0.2) is 11.7 Å². The molecule has 0 atom stereocenters. The van der Waals surface area contributed by atoms with Crippen molar-refractivity contribution in [1.82, 2.24) is 4.57 Å². The van der Waals surface area contributed by atoms with Crippen molar-refractivity contribution in [2.24, 2.45) is 0 Å². The second kappa shape index (κ2) is 3.98. The van der Waals surface area contributed by atoms with Crippen LogP contribution < -0.4 is 4.74 Å². The van der Waals surface area contributed by atoms with Gasteiger partial charge in [0.25, 0.3) is 0 Å². The lowest BCUT2D eigenvalue weighted by atomic mass is 10.1. The Morgan fingerprint density at radius 1 is 0.882 bits per heavy atom. The molecule has 0 aliphatic rings. The van der Waals surface area contributed by atoms with Crippen molar-refractivity contribution < 1.29 is 4.74 Å². The van der Waals surface area contributed by atoms with Crippen molar-refractivity contribution in [3.05, 3.63) is 60.9 Å². The number of benzene rings is 2. The van der Waals surface area contributed by atoms with E-state index in [2.05, 4.69) is 28.8 Å². The largest absolute Gasteiger partial charge is 0.495 e. The lowest BCUT2D eigenvalue weighted by Crippen LogP contribution is -1.96. The Labute approximate surface area is 100 Å². The molecule has 0 aliphatic heterocycles. The summed E-state index contributed by atoms with van der Waals surface area (Å²) in [4.78, 5) is 0. The standard InChI is InChI=1S/C15H13NO/c1-17-14-9-8-12-6-2-3-7-13(12)15(14)16-10-4-5-11-16/h2-11H,1H3. The van der Waals surface area contributed by atoms with Crippen LogP contribution >= 0.6 is 0 Å². The number of hydrogen-bond donors (Lipinski definition) is 0. The zero-order chi connectivity index (χ0) is 11.7. The minimum atomic E-state index is 0.889. The van der Waals surface area contributed by atoms with E-state index >= 15 is 0 Å². The first-order chi connectivity index (χ1) is 8.40. The first-order valence-corrected chi connectivity index (χ1v) is 5.59. The molecule has 2 aromatic carbocycles. The number of nitrogens with zero attached hydrogens (tertiary/aromatic N) is 1. The molecule has 0 unspecified atom stereocenters. The number of methoxy groups -OCH3 is 1. The summed E-state index contributed by atoms with van der Waals surface area (Å²) in [5.74, 6) is 0.889. The van der Waals surface area contributed by atoms with E-state index < -0.39 is 0 Å². The van der Waals surface area contributed by atoms with E-state index in [9.17, 15) is 0 Å². The first kappa shape index (κ1) is 9.97. The number of ether oxygens (including phenoxy) is 1. The van der Waals surface area contributed by atoms with Crippen molar-refractivity contribution in [1.29, 1.82) is 0 Å². The van der Waals surface area contributed by atoms with Crippen LogP contribution in [0.25, 0.3) is 16.5 Å². The Morgan fingerprint density at radius 2 is 1.65 bits per heavy atom. The number of aromatic nitrogens is 1. The maximum absolute atomic E-state index is 5.46. The highest BCUT2D eigenvalue weighted by Crippen LogP contribution is 2.31. The molecule has 0 radical (unpaired) electrons. The summed E-state index contributed by atoms with van der Waals surface area (Å²) in [6.07, 6.45) is 4.06. The summed E-state index contributed by atoms with van der Waals surface area (Å²) in [6, 6.07) is 16.5. The molecule has 0 bridgehead atoms. The third kappa shape index (κ3) is 1.58. The molecule has 0 saturated heterocycles. The van der Waals surface area contributed by atoms with Gasteiger partial charge in [-0.05, 0) is 23.6 Å². The monoisotopic (exact) mass is 223 g/mol. The van der Waals surface area contributed by atoms with Crippen LogP contribution in [0, 0.1) is 0 Å². The fourth-order valence-corrected chi connectivity index (χ4v) is 2.15. The second-order valence-corrected chi connectivity index (χ2v) is 3.93. The Hall–Kier alpha value is -2.22. The van der Waals surface area contributed by atoms with Crippen LogP contribution in [0.5, 0.6) is 5.75 Å². The van der Waals surface area contributed by atoms with Crippen LogP contribution in [0.15, 0.2) is 60.9 Å². The van der Waals surface area contributed by atoms with Crippen LogP contribution in [0.1, 0.15) is 0 Å². The fraction of sp³-hybridized carbons (Fsp3) is 0.0667. The Balaban J connectivity index is 2.39. The summed E-state index contributed by atoms with van der Waals surface area (Å²) in [5, 5.41) is 2.42. The maximum Gasteiger partial charge on any atom is 0.143 e. The maximum atomic E-state index is 5.46. The van der Waals surface area contributed by atoms with E-state index in [-0.39, 0.29) is 0 Å². The van der Waals surface area contributed by atoms with Gasteiger partial charge in [0.05, 0.1) is 12.8 Å². The van der Waals surface area contributed by atoms with Crippen molar-refractivity contribution in [2.75, 3.05) is 7.11 Å². The van der Waals surface area contributed by atoms with Crippen LogP contribution in [0.3, 0.4) is 0 Å². The zero-order valence-corrected chi connectivity index (χ0v) is 9.63. The third-order valence-electron chi connectivity index (χ3n) is 2.95. The molecule has 0 amide bonds. The van der Waals surface area contributed by atoms with E-state index in [0.717, 1.165) is 11.4 Å². The van der Waals surface area contributed by atoms with Crippen molar-refractivity contribution in [3.63, 3.8) is 0 Å². The quantitative estimate of drug-likeness (QED) is 0.647. The van der Waals surface area contributed by atoms with Crippen molar-refractivity contribution in [2.45, 2.75) is 0 Å². The third-order valence-corrected chi connectivity index (χ3v) is 2.95. The highest BCUT2D eigenvalue weighted by Gasteiger charge is 2.08. The summed E-state index contributed by atoms with van der Waals surface area (Å²) < 4.78 is 7.54. The molecule has 2 heteroatoms. The smallest absolute Gasteiger partial charge is 0.143 e. The molecule has 1 aromatic heterocycles. The van der Waals surface area contributed by atoms with Gasteiger partial charge >= 0.3 is 0 Å². The lowest BCUT2D eigenvalue weighted by molar-refractivity contribution is 0.413. The highest BCUT2D eigenvalue weighted by molar-refractivity contribution is 5.92. The molecular weight excluding hydrogens is 210 g/mol. The van der Waals surface area contributed by atoms with E-state index in [4.69, 9.17) is 4.74 Å². The van der Waals surface area contributed by atoms with Crippen LogP contribution in [0.2, 0.25) is 0 Å². The minimum Gasteiger partial charge on any atom is -0.495 e. The number of fused-ring (bicyclic) bond motifs is 1. The van der Waals surface area contributed by atoms with Gasteiger partial charge in [-0.15, -0.1) is 0 Å². The van der Waals surface area contributed by atoms with Gasteiger partial charge in [0.2, 0.25) is 0 Å². The molecule has 0 fully saturated rings. The molecule has 3 aromatic rings. The predicted molar refractivity (Wildman–Crippen MR) is 69.8 cm³/mol. The Kier molecular flexibility index (Phi) is 2.33. The second-order valence-electron chi connectivity index (χ2n) is 3.93. The molecule has 1 heterocycles. The number of rotatable bonds is 2. The van der Waals surface area contributed by atoms with Gasteiger partial charge in [-0.3, -0.25) is 0 Å². The molecule has 0 spiro atoms. The zero-order valence-electron chi connectivity index (χ0n) is 9.63. The van der Waals surface area contributed by atoms with Gasteiger partial charge in [-0.25, -0.2) is 0 Å². The van der Waals surface area contributed by atoms with Gasteiger partial charge < -0.3 is 9.30 Å². The molecule has 84 valence electrons. The van der Waals surface area contributed by atoms with Gasteiger partial charge in [-0.2, -0.15) is 0 Å². The lowest BCUT2D eigenvalue weighted by Gasteiger charge is -2.12. The van der Waals surface area contributed by atoms with E-state index in [0.29, 0.717) is 0 Å². The highest BCUT2D eigenvalue weighted by atomic mass is 16.5. The Bertz CT molecular complexity index is 641. The van der Waals surface area contributed by atoms with Crippen molar-refractivity contribution in [3.8, 4) is 11.4 Å². The van der Waals surface area contributed by atoms with E-state index in [1.54, 1.807) is 7.11 Å². The summed E-state index contributed by atoms with van der Waals surface area (Å²) in [7, 11) is 1.71. The molecule has 0 saturated carbocycles. The van der Waals surface area contributed by atoms with Gasteiger partial charge in [0.1, 0.15) is 5.75 Å². The van der Waals surface area contributed by atoms with Gasteiger partial charge in [-0.1, -0.05) is 30.3 Å². The average molecular weight is 223 g/mol. The summed E-state index contributed by atoms with van der Waals surface area (Å²) in [5.41, 5.74) is 1.09. The van der Waals surface area contributed by atoms with E-state index in [1.807, 2.05) is 36.7 Å². The molecular formula is C15H13NO. The molecule has 0 N–H and O–H groups in total. The topological polar surface area (TPSA) is 14.2 Å². The predicted octanol–water partition coefficient (Wildman–Crippen LogP) is 3.64. The summed E-state index contributed by atoms with van der Waals surface area (Å²) >= 11 is 0. The molecule has 17 heavy (non-hydrogen) atoms. The first-order valence-electron chi connectivity index (χ1n) is 5.59. The number of hydrogen-bond acceptors (Lipinski definition) is 1. The molecule has 3 rings (SSSR count). The van der Waals surface area contributed by atoms with Gasteiger partial charge in [0, 0.05) is 17.8 Å².